The first kappa shape index (κ1) is 28.9. The quantitative estimate of drug-likeness (QED) is 0.478. The number of aromatic nitrogens is 2. The van der Waals surface area contributed by atoms with Gasteiger partial charge in [-0.15, -0.1) is 0 Å². The molecule has 3 amide bonds. The third kappa shape index (κ3) is 7.16. The molecular formula is C33H39N7O2. The second-order valence-electron chi connectivity index (χ2n) is 10.8. The van der Waals surface area contributed by atoms with Crippen LogP contribution in [0.4, 0.5) is 10.6 Å². The zero-order valence-electron chi connectivity index (χ0n) is 24.4. The van der Waals surface area contributed by atoms with Crippen molar-refractivity contribution in [1.82, 2.24) is 29.8 Å². The Hall–Kier alpha value is -4.63. The number of nitrogens with zero attached hydrogens (tertiary/aromatic N) is 5. The molecule has 0 radical (unpaired) electrons. The summed E-state index contributed by atoms with van der Waals surface area (Å²) >= 11 is 0. The van der Waals surface area contributed by atoms with Crippen LogP contribution >= 0.6 is 0 Å². The number of fused-ring (bicyclic) bond motifs is 1. The predicted octanol–water partition coefficient (Wildman–Crippen LogP) is 4.45. The van der Waals surface area contributed by atoms with Crippen molar-refractivity contribution in [3.8, 4) is 0 Å². The van der Waals surface area contributed by atoms with Crippen LogP contribution in [0, 0.1) is 6.92 Å². The summed E-state index contributed by atoms with van der Waals surface area (Å²) in [4.78, 5) is 32.6. The molecule has 218 valence electrons. The summed E-state index contributed by atoms with van der Waals surface area (Å²) in [5.41, 5.74) is 5.51. The largest absolute Gasteiger partial charge is 0.341 e. The van der Waals surface area contributed by atoms with Gasteiger partial charge in [0, 0.05) is 69.7 Å². The topological polar surface area (TPSA) is 85.7 Å². The van der Waals surface area contributed by atoms with Gasteiger partial charge in [-0.25, -0.2) is 4.79 Å². The Bertz CT molecular complexity index is 1480. The molecule has 9 nitrogen and oxygen atoms in total. The van der Waals surface area contributed by atoms with E-state index in [9.17, 15) is 9.59 Å². The van der Waals surface area contributed by atoms with Crippen LogP contribution in [0.3, 0.4) is 0 Å². The van der Waals surface area contributed by atoms with Gasteiger partial charge in [0.05, 0.1) is 12.7 Å². The molecule has 3 aromatic rings. The first-order valence-electron chi connectivity index (χ1n) is 14.4. The number of aryl methyl sites for hydroxylation is 2. The molecular weight excluding hydrogens is 526 g/mol. The fraction of sp³-hybridized carbons (Fsp3) is 0.303. The van der Waals surface area contributed by atoms with Gasteiger partial charge in [0.15, 0.2) is 0 Å². The van der Waals surface area contributed by atoms with E-state index in [-0.39, 0.29) is 11.9 Å². The number of allylic oxidation sites excluding steroid dienone is 3. The number of hydrogen-bond acceptors (Lipinski definition) is 5. The standard InChI is InChI=1S/C33H39N7O2/c1-25-20-28(32(41)40-15-9-5-6-10-26(2)36-31-30(24-40)22-35-37(31)3)13-14-29(25)21-34-33(42)39-18-16-38(17-19-39)23-27-11-7-4-8-12-27/h4-14,20,22,36H,2,15-19,21,23-24H2,1,3H3,(H,34,42)/b9-5-,10-6-. The highest BCUT2D eigenvalue weighted by Gasteiger charge is 2.22. The first-order valence-corrected chi connectivity index (χ1v) is 14.4. The third-order valence-corrected chi connectivity index (χ3v) is 7.74. The van der Waals surface area contributed by atoms with Crippen molar-refractivity contribution in [3.05, 3.63) is 119 Å². The summed E-state index contributed by atoms with van der Waals surface area (Å²) in [7, 11) is 1.86. The summed E-state index contributed by atoms with van der Waals surface area (Å²) in [6.45, 7) is 11.3. The highest BCUT2D eigenvalue weighted by Crippen LogP contribution is 2.21. The van der Waals surface area contributed by atoms with Crippen LogP contribution in [0.15, 0.2) is 91.3 Å². The number of hydrogen-bond donors (Lipinski definition) is 2. The summed E-state index contributed by atoms with van der Waals surface area (Å²) < 4.78 is 1.75. The molecule has 2 aliphatic heterocycles. The Balaban J connectivity index is 1.18. The number of nitrogens with one attached hydrogen (secondary N) is 2. The smallest absolute Gasteiger partial charge is 0.317 e. The van der Waals surface area contributed by atoms with E-state index in [0.29, 0.717) is 38.3 Å². The number of piperazine rings is 1. The van der Waals surface area contributed by atoms with Crippen LogP contribution in [0.5, 0.6) is 0 Å². The van der Waals surface area contributed by atoms with Crippen LogP contribution in [0.2, 0.25) is 0 Å². The molecule has 0 aliphatic carbocycles. The molecule has 0 bridgehead atoms. The lowest BCUT2D eigenvalue weighted by Crippen LogP contribution is -2.51. The van der Waals surface area contributed by atoms with Gasteiger partial charge in [0.1, 0.15) is 5.82 Å². The van der Waals surface area contributed by atoms with Crippen LogP contribution in [-0.2, 0) is 26.7 Å². The Labute approximate surface area is 247 Å². The van der Waals surface area contributed by atoms with E-state index in [1.165, 1.54) is 5.56 Å². The Morgan fingerprint density at radius 2 is 1.81 bits per heavy atom. The predicted molar refractivity (Wildman–Crippen MR) is 166 cm³/mol. The summed E-state index contributed by atoms with van der Waals surface area (Å²) in [6, 6.07) is 16.1. The summed E-state index contributed by atoms with van der Waals surface area (Å²) in [5, 5.41) is 10.7. The maximum Gasteiger partial charge on any atom is 0.317 e. The number of carbonyl (C=O) groups is 2. The molecule has 3 heterocycles. The highest BCUT2D eigenvalue weighted by molar-refractivity contribution is 5.94. The lowest BCUT2D eigenvalue weighted by molar-refractivity contribution is 0.0762. The normalized spacial score (nSPS) is 17.5. The number of carbonyl (C=O) groups excluding carboxylic acids is 2. The zero-order chi connectivity index (χ0) is 29.5. The lowest BCUT2D eigenvalue weighted by Gasteiger charge is -2.34. The fourth-order valence-electron chi connectivity index (χ4n) is 5.26. The SMILES string of the molecule is C=C1/C=C\C=C/CN(C(=O)c2ccc(CNC(=O)N3CCN(Cc4ccccc4)CC3)c(C)c2)Cc2cnn(C)c2N1. The third-order valence-electron chi connectivity index (χ3n) is 7.74. The van der Waals surface area contributed by atoms with Gasteiger partial charge in [-0.2, -0.15) is 5.10 Å². The van der Waals surface area contributed by atoms with Crippen molar-refractivity contribution in [1.29, 1.82) is 0 Å². The summed E-state index contributed by atoms with van der Waals surface area (Å²) in [6.07, 6.45) is 9.44. The molecule has 0 atom stereocenters. The monoisotopic (exact) mass is 565 g/mol. The van der Waals surface area contributed by atoms with Crippen molar-refractivity contribution in [3.63, 3.8) is 0 Å². The van der Waals surface area contributed by atoms with E-state index >= 15 is 0 Å². The summed E-state index contributed by atoms with van der Waals surface area (Å²) in [5.74, 6) is 0.743. The molecule has 0 saturated carbocycles. The van der Waals surface area contributed by atoms with Gasteiger partial charge in [0.2, 0.25) is 0 Å². The average Bonchev–Trinajstić information content (AvgIpc) is 3.32. The molecule has 42 heavy (non-hydrogen) atoms. The van der Waals surface area contributed by atoms with E-state index in [1.807, 2.05) is 67.4 Å². The Morgan fingerprint density at radius 3 is 2.57 bits per heavy atom. The molecule has 2 aromatic carbocycles. The van der Waals surface area contributed by atoms with E-state index in [4.69, 9.17) is 0 Å². The van der Waals surface area contributed by atoms with E-state index in [1.54, 1.807) is 15.8 Å². The molecule has 2 aliphatic rings. The molecule has 1 aromatic heterocycles. The zero-order valence-corrected chi connectivity index (χ0v) is 24.4. The van der Waals surface area contributed by atoms with Gasteiger partial charge in [0.25, 0.3) is 5.91 Å². The number of rotatable bonds is 5. The van der Waals surface area contributed by atoms with Crippen molar-refractivity contribution < 1.29 is 9.59 Å². The Morgan fingerprint density at radius 1 is 1.02 bits per heavy atom. The molecule has 1 saturated heterocycles. The highest BCUT2D eigenvalue weighted by atomic mass is 16.2. The minimum atomic E-state index is -0.0661. The number of benzene rings is 2. The number of urea groups is 1. The first-order chi connectivity index (χ1) is 20.4. The van der Waals surface area contributed by atoms with Crippen LogP contribution < -0.4 is 10.6 Å². The fourth-order valence-corrected chi connectivity index (χ4v) is 5.26. The number of amides is 3. The molecule has 1 fully saturated rings. The lowest BCUT2D eigenvalue weighted by atomic mass is 10.0. The van der Waals surface area contributed by atoms with Crippen LogP contribution in [0.1, 0.15) is 32.6 Å². The molecule has 5 rings (SSSR count). The van der Waals surface area contributed by atoms with Crippen molar-refractivity contribution in [2.24, 2.45) is 7.05 Å². The van der Waals surface area contributed by atoms with Gasteiger partial charge in [-0.05, 0) is 41.8 Å². The molecule has 2 N–H and O–H groups in total. The second kappa shape index (κ2) is 13.4. The van der Waals surface area contributed by atoms with Gasteiger partial charge in [-0.1, -0.05) is 61.2 Å². The van der Waals surface area contributed by atoms with Gasteiger partial charge in [-0.3, -0.25) is 14.4 Å². The van der Waals surface area contributed by atoms with E-state index < -0.39 is 0 Å². The van der Waals surface area contributed by atoms with Gasteiger partial charge >= 0.3 is 6.03 Å². The minimum Gasteiger partial charge on any atom is -0.341 e. The Kier molecular flexibility index (Phi) is 9.18. The van der Waals surface area contributed by atoms with Gasteiger partial charge < -0.3 is 20.4 Å². The minimum absolute atomic E-state index is 0.0538. The second-order valence-corrected chi connectivity index (χ2v) is 10.8. The van der Waals surface area contributed by atoms with Crippen molar-refractivity contribution in [2.75, 3.05) is 38.0 Å². The van der Waals surface area contributed by atoms with Crippen LogP contribution in [0.25, 0.3) is 0 Å². The maximum absolute atomic E-state index is 13.6. The molecule has 0 spiro atoms. The maximum atomic E-state index is 13.6. The molecule has 0 unspecified atom stereocenters. The van der Waals surface area contributed by atoms with E-state index in [2.05, 4.69) is 51.5 Å². The number of anilines is 1. The van der Waals surface area contributed by atoms with E-state index in [0.717, 1.165) is 47.8 Å². The van der Waals surface area contributed by atoms with Crippen molar-refractivity contribution in [2.45, 2.75) is 26.6 Å². The van der Waals surface area contributed by atoms with Crippen molar-refractivity contribution >= 4 is 17.8 Å². The van der Waals surface area contributed by atoms with Crippen LogP contribution in [-0.4, -0.2) is 69.1 Å². The average molecular weight is 566 g/mol. The molecule has 9 heteroatoms.